The molecule has 1 unspecified atom stereocenters. The molecule has 0 radical (unpaired) electrons. The van der Waals surface area contributed by atoms with Gasteiger partial charge in [-0.05, 0) is 109 Å². The van der Waals surface area contributed by atoms with Gasteiger partial charge < -0.3 is 14.2 Å². The molecule has 81 heavy (non-hydrogen) atoms. The number of ether oxygens (including phenoxy) is 3. The average molecular weight is 1130 g/mol. The molecule has 0 bridgehead atoms. The van der Waals surface area contributed by atoms with Gasteiger partial charge in [0.15, 0.2) is 6.10 Å². The lowest BCUT2D eigenvalue weighted by Crippen LogP contribution is -2.30. The molecule has 0 rings (SSSR count). The number of esters is 3. The van der Waals surface area contributed by atoms with E-state index in [4.69, 9.17) is 14.2 Å². The molecular weight excluding hydrogens is 997 g/mol. The van der Waals surface area contributed by atoms with Crippen molar-refractivity contribution in [3.8, 4) is 0 Å². The van der Waals surface area contributed by atoms with Gasteiger partial charge in [-0.25, -0.2) is 0 Å². The Morgan fingerprint density at radius 2 is 0.444 bits per heavy atom. The Labute approximate surface area is 504 Å². The normalized spacial score (nSPS) is 12.4. The molecule has 0 aromatic heterocycles. The standard InChI is InChI=1S/C75H136O6/c1-4-7-10-13-16-19-22-25-27-29-31-33-35-36-37-38-40-41-43-45-47-50-53-56-59-62-65-68-74(77)80-71-72(70-79-73(76)67-64-61-58-55-52-49-24-21-18-15-12-9-6-3)81-75(78)69-66-63-60-57-54-51-48-46-44-42-39-34-32-30-28-26-23-20-17-14-11-8-5-2/h21-26,29-32,72H,4-20,27-28,33-71H2,1-3H3/b24-21-,25-22-,26-23-,31-29-,32-30-. The molecule has 0 amide bonds. The van der Waals surface area contributed by atoms with Crippen molar-refractivity contribution >= 4 is 17.9 Å². The second-order valence-corrected chi connectivity index (χ2v) is 24.1. The maximum atomic E-state index is 13.0. The summed E-state index contributed by atoms with van der Waals surface area (Å²) in [6.07, 6.45) is 89.6. The number of hydrogen-bond donors (Lipinski definition) is 0. The topological polar surface area (TPSA) is 78.9 Å². The fourth-order valence-corrected chi connectivity index (χ4v) is 10.6. The molecular formula is C75H136O6. The molecule has 0 saturated carbocycles. The largest absolute Gasteiger partial charge is 0.462 e. The minimum atomic E-state index is -0.779. The molecule has 0 aromatic carbocycles. The number of unbranched alkanes of at least 4 members (excludes halogenated alkanes) is 45. The molecule has 0 aliphatic heterocycles. The number of hydrogen-bond acceptors (Lipinski definition) is 6. The van der Waals surface area contributed by atoms with E-state index in [1.165, 1.54) is 263 Å². The lowest BCUT2D eigenvalue weighted by Gasteiger charge is -2.18. The van der Waals surface area contributed by atoms with Crippen LogP contribution in [0.5, 0.6) is 0 Å². The zero-order valence-electron chi connectivity index (χ0n) is 54.3. The van der Waals surface area contributed by atoms with Gasteiger partial charge in [-0.3, -0.25) is 14.4 Å². The monoisotopic (exact) mass is 1130 g/mol. The van der Waals surface area contributed by atoms with Crippen molar-refractivity contribution in [3.63, 3.8) is 0 Å². The average Bonchev–Trinajstić information content (AvgIpc) is 3.46. The van der Waals surface area contributed by atoms with Gasteiger partial charge in [0.2, 0.25) is 0 Å². The van der Waals surface area contributed by atoms with Gasteiger partial charge in [0.05, 0.1) is 0 Å². The van der Waals surface area contributed by atoms with Crippen molar-refractivity contribution in [1.29, 1.82) is 0 Å². The van der Waals surface area contributed by atoms with Gasteiger partial charge in [0, 0.05) is 19.3 Å². The summed E-state index contributed by atoms with van der Waals surface area (Å²) in [5.74, 6) is -0.863. The van der Waals surface area contributed by atoms with Crippen LogP contribution < -0.4 is 0 Å². The van der Waals surface area contributed by atoms with Crippen LogP contribution in [0.15, 0.2) is 60.8 Å². The van der Waals surface area contributed by atoms with E-state index < -0.39 is 6.10 Å². The van der Waals surface area contributed by atoms with E-state index in [2.05, 4.69) is 81.5 Å². The van der Waals surface area contributed by atoms with Crippen molar-refractivity contribution in [2.45, 2.75) is 386 Å². The highest BCUT2D eigenvalue weighted by Crippen LogP contribution is 2.18. The van der Waals surface area contributed by atoms with E-state index in [0.29, 0.717) is 19.3 Å². The highest BCUT2D eigenvalue weighted by molar-refractivity contribution is 5.71. The van der Waals surface area contributed by atoms with E-state index in [1.807, 2.05) is 0 Å². The van der Waals surface area contributed by atoms with Crippen LogP contribution >= 0.6 is 0 Å². The van der Waals surface area contributed by atoms with Crippen molar-refractivity contribution in [2.24, 2.45) is 0 Å². The third-order valence-electron chi connectivity index (χ3n) is 16.0. The third-order valence-corrected chi connectivity index (χ3v) is 16.0. The summed E-state index contributed by atoms with van der Waals surface area (Å²) in [5, 5.41) is 0. The zero-order valence-corrected chi connectivity index (χ0v) is 54.3. The molecule has 6 heteroatoms. The van der Waals surface area contributed by atoms with Gasteiger partial charge >= 0.3 is 17.9 Å². The first-order valence-corrected chi connectivity index (χ1v) is 35.8. The summed E-state index contributed by atoms with van der Waals surface area (Å²) in [7, 11) is 0. The predicted octanol–water partition coefficient (Wildman–Crippen LogP) is 24.7. The van der Waals surface area contributed by atoms with Crippen LogP contribution in [0.2, 0.25) is 0 Å². The molecule has 472 valence electrons. The molecule has 1 atom stereocenters. The van der Waals surface area contributed by atoms with Crippen molar-refractivity contribution in [3.05, 3.63) is 60.8 Å². The summed E-state index contributed by atoms with van der Waals surface area (Å²) in [4.78, 5) is 38.4. The van der Waals surface area contributed by atoms with Gasteiger partial charge in [-0.1, -0.05) is 313 Å². The molecule has 0 aliphatic rings. The highest BCUT2D eigenvalue weighted by Gasteiger charge is 2.19. The van der Waals surface area contributed by atoms with E-state index in [1.54, 1.807) is 0 Å². The quantitative estimate of drug-likeness (QED) is 0.0261. The Bertz CT molecular complexity index is 1440. The van der Waals surface area contributed by atoms with E-state index in [-0.39, 0.29) is 31.1 Å². The maximum Gasteiger partial charge on any atom is 0.306 e. The van der Waals surface area contributed by atoms with Crippen molar-refractivity contribution in [1.82, 2.24) is 0 Å². The maximum absolute atomic E-state index is 13.0. The van der Waals surface area contributed by atoms with Crippen LogP contribution in [-0.2, 0) is 28.6 Å². The van der Waals surface area contributed by atoms with Gasteiger partial charge in [-0.2, -0.15) is 0 Å². The second kappa shape index (κ2) is 69.6. The molecule has 0 heterocycles. The van der Waals surface area contributed by atoms with Crippen LogP contribution in [0, 0.1) is 0 Å². The first kappa shape index (κ1) is 78.1. The van der Waals surface area contributed by atoms with Gasteiger partial charge in [-0.15, -0.1) is 0 Å². The molecule has 0 fully saturated rings. The lowest BCUT2D eigenvalue weighted by molar-refractivity contribution is -0.167. The van der Waals surface area contributed by atoms with Crippen LogP contribution in [0.25, 0.3) is 0 Å². The Morgan fingerprint density at radius 3 is 0.704 bits per heavy atom. The summed E-state index contributed by atoms with van der Waals surface area (Å²) in [6, 6.07) is 0. The lowest BCUT2D eigenvalue weighted by atomic mass is 10.0. The zero-order chi connectivity index (χ0) is 58.5. The predicted molar refractivity (Wildman–Crippen MR) is 353 cm³/mol. The van der Waals surface area contributed by atoms with Crippen molar-refractivity contribution in [2.75, 3.05) is 13.2 Å². The smallest absolute Gasteiger partial charge is 0.306 e. The number of allylic oxidation sites excluding steroid dienone is 10. The first-order valence-electron chi connectivity index (χ1n) is 35.8. The summed E-state index contributed by atoms with van der Waals surface area (Å²) < 4.78 is 17.0. The molecule has 0 N–H and O–H groups in total. The number of carbonyl (C=O) groups excluding carboxylic acids is 3. The highest BCUT2D eigenvalue weighted by atomic mass is 16.6. The Kier molecular flexibility index (Phi) is 67.1. The Morgan fingerprint density at radius 1 is 0.247 bits per heavy atom. The molecule has 0 aliphatic carbocycles. The summed E-state index contributed by atoms with van der Waals surface area (Å²) >= 11 is 0. The fourth-order valence-electron chi connectivity index (χ4n) is 10.6. The van der Waals surface area contributed by atoms with E-state index >= 15 is 0 Å². The second-order valence-electron chi connectivity index (χ2n) is 24.1. The number of carbonyl (C=O) groups is 3. The van der Waals surface area contributed by atoms with Crippen LogP contribution in [0.4, 0.5) is 0 Å². The van der Waals surface area contributed by atoms with E-state index in [9.17, 15) is 14.4 Å². The van der Waals surface area contributed by atoms with Crippen LogP contribution in [-0.4, -0.2) is 37.2 Å². The first-order chi connectivity index (χ1) is 40.0. The minimum absolute atomic E-state index is 0.0745. The molecule has 0 aromatic rings. The Balaban J connectivity index is 4.24. The van der Waals surface area contributed by atoms with Gasteiger partial charge in [0.1, 0.15) is 13.2 Å². The molecule has 0 spiro atoms. The Hall–Kier alpha value is -2.89. The third kappa shape index (κ3) is 67.8. The van der Waals surface area contributed by atoms with Gasteiger partial charge in [0.25, 0.3) is 0 Å². The number of rotatable bonds is 66. The fraction of sp³-hybridized carbons (Fsp3) is 0.827. The van der Waals surface area contributed by atoms with E-state index in [0.717, 1.165) is 77.0 Å². The van der Waals surface area contributed by atoms with Crippen LogP contribution in [0.3, 0.4) is 0 Å². The molecule has 6 nitrogen and oxygen atoms in total. The SMILES string of the molecule is CCCCCC/C=C\CCCCCCCC(=O)OCC(COC(=O)CCCCCCCCCCCCCCCCC/C=C\C/C=C\CCCCCCC)OC(=O)CCCCCCCCCCCCC/C=C\C/C=C\CCCCCCC. The summed E-state index contributed by atoms with van der Waals surface area (Å²) in [6.45, 7) is 6.65. The molecule has 0 saturated heterocycles. The summed E-state index contributed by atoms with van der Waals surface area (Å²) in [5.41, 5.74) is 0. The van der Waals surface area contributed by atoms with Crippen LogP contribution in [0.1, 0.15) is 380 Å². The van der Waals surface area contributed by atoms with Crippen molar-refractivity contribution < 1.29 is 28.6 Å². The minimum Gasteiger partial charge on any atom is -0.462 e.